The molecule has 6 nitrogen and oxygen atoms in total. The third kappa shape index (κ3) is 4.96. The van der Waals surface area contributed by atoms with Crippen molar-refractivity contribution in [2.45, 2.75) is 24.8 Å². The van der Waals surface area contributed by atoms with E-state index in [1.807, 2.05) is 19.1 Å². The lowest BCUT2D eigenvalue weighted by atomic mass is 10.2. The monoisotopic (exact) mass is 484 g/mol. The third-order valence-corrected chi connectivity index (χ3v) is 7.24. The summed E-state index contributed by atoms with van der Waals surface area (Å²) in [5.41, 5.74) is 1.07. The van der Waals surface area contributed by atoms with Gasteiger partial charge in [0, 0.05) is 26.2 Å². The van der Waals surface area contributed by atoms with E-state index in [4.69, 9.17) is 4.74 Å². The first-order valence-electron chi connectivity index (χ1n) is 9.16. The molecule has 1 saturated heterocycles. The summed E-state index contributed by atoms with van der Waals surface area (Å²) in [7, 11) is -3.79. The van der Waals surface area contributed by atoms with Gasteiger partial charge in [0.1, 0.15) is 11.6 Å². The molecule has 9 heteroatoms. The first-order chi connectivity index (χ1) is 13.7. The molecular weight excluding hydrogens is 463 g/mol. The Morgan fingerprint density at radius 2 is 1.83 bits per heavy atom. The molecule has 0 aliphatic carbocycles. The smallest absolute Gasteiger partial charge is 0.263 e. The number of halogens is 2. The van der Waals surface area contributed by atoms with Gasteiger partial charge in [-0.2, -0.15) is 4.31 Å². The van der Waals surface area contributed by atoms with Crippen LogP contribution in [0, 0.1) is 12.7 Å². The fourth-order valence-electron chi connectivity index (χ4n) is 3.12. The van der Waals surface area contributed by atoms with E-state index in [-0.39, 0.29) is 37.0 Å². The van der Waals surface area contributed by atoms with Crippen LogP contribution in [0.25, 0.3) is 0 Å². The maximum atomic E-state index is 13.4. The number of aryl methyl sites for hydroxylation is 1. The number of benzene rings is 2. The molecule has 1 unspecified atom stereocenters. The van der Waals surface area contributed by atoms with Crippen molar-refractivity contribution >= 4 is 31.9 Å². The summed E-state index contributed by atoms with van der Waals surface area (Å²) < 4.78 is 46.6. The van der Waals surface area contributed by atoms with Gasteiger partial charge in [0.15, 0.2) is 6.10 Å². The number of hydrogen-bond acceptors (Lipinski definition) is 4. The lowest BCUT2D eigenvalue weighted by molar-refractivity contribution is -0.139. The van der Waals surface area contributed by atoms with Crippen LogP contribution in [0.4, 0.5) is 4.39 Å². The van der Waals surface area contributed by atoms with Gasteiger partial charge in [-0.3, -0.25) is 4.79 Å². The molecule has 1 heterocycles. The Morgan fingerprint density at radius 1 is 1.14 bits per heavy atom. The van der Waals surface area contributed by atoms with E-state index >= 15 is 0 Å². The van der Waals surface area contributed by atoms with Crippen LogP contribution in [-0.4, -0.2) is 55.8 Å². The number of sulfonamides is 1. The van der Waals surface area contributed by atoms with Gasteiger partial charge in [-0.15, -0.1) is 0 Å². The van der Waals surface area contributed by atoms with Crippen LogP contribution in [0.3, 0.4) is 0 Å². The van der Waals surface area contributed by atoms with Crippen molar-refractivity contribution in [3.05, 3.63) is 58.3 Å². The number of rotatable bonds is 5. The zero-order valence-electron chi connectivity index (χ0n) is 16.1. The number of carbonyl (C=O) groups is 1. The van der Waals surface area contributed by atoms with Crippen LogP contribution in [0.5, 0.6) is 5.75 Å². The van der Waals surface area contributed by atoms with Crippen LogP contribution >= 0.6 is 15.9 Å². The fourth-order valence-corrected chi connectivity index (χ4v) is 5.17. The van der Waals surface area contributed by atoms with E-state index in [9.17, 15) is 17.6 Å². The summed E-state index contributed by atoms with van der Waals surface area (Å²) in [6, 6.07) is 10.5. The Labute approximate surface area is 178 Å². The third-order valence-electron chi connectivity index (χ3n) is 4.72. The molecule has 0 N–H and O–H groups in total. The Kier molecular flexibility index (Phi) is 6.60. The highest BCUT2D eigenvalue weighted by Crippen LogP contribution is 2.27. The Bertz CT molecular complexity index is 1010. The highest BCUT2D eigenvalue weighted by atomic mass is 79.9. The molecule has 1 atom stereocenters. The zero-order chi connectivity index (χ0) is 21.2. The van der Waals surface area contributed by atoms with Gasteiger partial charge in [-0.1, -0.05) is 12.1 Å². The van der Waals surface area contributed by atoms with Gasteiger partial charge in [-0.05, 0) is 65.7 Å². The van der Waals surface area contributed by atoms with Crippen molar-refractivity contribution in [2.24, 2.45) is 0 Å². The molecule has 29 heavy (non-hydrogen) atoms. The van der Waals surface area contributed by atoms with Gasteiger partial charge >= 0.3 is 0 Å². The number of piperazine rings is 1. The molecule has 0 aromatic heterocycles. The molecule has 0 spiro atoms. The fraction of sp³-hybridized carbons (Fsp3) is 0.350. The minimum absolute atomic E-state index is 0.0850. The average Bonchev–Trinajstić information content (AvgIpc) is 2.69. The predicted molar refractivity (Wildman–Crippen MR) is 111 cm³/mol. The van der Waals surface area contributed by atoms with E-state index < -0.39 is 21.9 Å². The Morgan fingerprint density at radius 3 is 2.45 bits per heavy atom. The largest absolute Gasteiger partial charge is 0.480 e. The summed E-state index contributed by atoms with van der Waals surface area (Å²) in [6.45, 7) is 4.41. The van der Waals surface area contributed by atoms with Crippen molar-refractivity contribution in [1.82, 2.24) is 9.21 Å². The standard InChI is InChI=1S/C20H22BrFN2O4S/c1-14-6-7-19(18(21)12-14)28-15(2)20(25)23-8-10-24(11-9-23)29(26,27)17-5-3-4-16(22)13-17/h3-7,12-13,15H,8-11H2,1-2H3. The second-order valence-electron chi connectivity index (χ2n) is 6.88. The topological polar surface area (TPSA) is 66.9 Å². The van der Waals surface area contributed by atoms with E-state index in [0.717, 1.165) is 16.1 Å². The van der Waals surface area contributed by atoms with Gasteiger partial charge < -0.3 is 9.64 Å². The molecule has 1 aliphatic rings. The molecule has 156 valence electrons. The average molecular weight is 485 g/mol. The van der Waals surface area contributed by atoms with E-state index in [1.165, 1.54) is 22.5 Å². The van der Waals surface area contributed by atoms with Crippen molar-refractivity contribution < 1.29 is 22.3 Å². The lowest BCUT2D eigenvalue weighted by Gasteiger charge is -2.35. The summed E-state index contributed by atoms with van der Waals surface area (Å²) >= 11 is 3.43. The first kappa shape index (κ1) is 21.7. The highest BCUT2D eigenvalue weighted by Gasteiger charge is 2.32. The quantitative estimate of drug-likeness (QED) is 0.653. The van der Waals surface area contributed by atoms with E-state index in [2.05, 4.69) is 15.9 Å². The minimum Gasteiger partial charge on any atom is -0.480 e. The van der Waals surface area contributed by atoms with Gasteiger partial charge in [0.05, 0.1) is 9.37 Å². The van der Waals surface area contributed by atoms with Crippen molar-refractivity contribution in [2.75, 3.05) is 26.2 Å². The van der Waals surface area contributed by atoms with Gasteiger partial charge in [0.2, 0.25) is 10.0 Å². The Hall–Kier alpha value is -1.97. The second kappa shape index (κ2) is 8.81. The predicted octanol–water partition coefficient (Wildman–Crippen LogP) is 3.20. The maximum absolute atomic E-state index is 13.4. The molecule has 0 saturated carbocycles. The van der Waals surface area contributed by atoms with Gasteiger partial charge in [-0.25, -0.2) is 12.8 Å². The molecule has 2 aromatic rings. The second-order valence-corrected chi connectivity index (χ2v) is 9.67. The highest BCUT2D eigenvalue weighted by molar-refractivity contribution is 9.10. The zero-order valence-corrected chi connectivity index (χ0v) is 18.5. The number of carbonyl (C=O) groups excluding carboxylic acids is 1. The number of hydrogen-bond donors (Lipinski definition) is 0. The van der Waals surface area contributed by atoms with E-state index in [0.29, 0.717) is 5.75 Å². The van der Waals surface area contributed by atoms with Crippen LogP contribution < -0.4 is 4.74 Å². The van der Waals surface area contributed by atoms with Crippen LogP contribution in [0.1, 0.15) is 12.5 Å². The van der Waals surface area contributed by atoms with Crippen LogP contribution in [0.15, 0.2) is 51.8 Å². The molecule has 3 rings (SSSR count). The number of ether oxygens (including phenoxy) is 1. The molecular formula is C20H22BrFN2O4S. The summed E-state index contributed by atoms with van der Waals surface area (Å²) in [5.74, 6) is -0.239. The minimum atomic E-state index is -3.79. The summed E-state index contributed by atoms with van der Waals surface area (Å²) in [6.07, 6.45) is -0.708. The van der Waals surface area contributed by atoms with E-state index in [1.54, 1.807) is 17.9 Å². The molecule has 0 radical (unpaired) electrons. The molecule has 1 aliphatic heterocycles. The molecule has 1 fully saturated rings. The first-order valence-corrected chi connectivity index (χ1v) is 11.4. The number of amides is 1. The summed E-state index contributed by atoms with van der Waals surface area (Å²) in [5, 5.41) is 0. The van der Waals surface area contributed by atoms with Crippen molar-refractivity contribution in [3.8, 4) is 5.75 Å². The van der Waals surface area contributed by atoms with Crippen molar-refractivity contribution in [3.63, 3.8) is 0 Å². The SMILES string of the molecule is Cc1ccc(OC(C)C(=O)N2CCN(S(=O)(=O)c3cccc(F)c3)CC2)c(Br)c1. The molecule has 2 aromatic carbocycles. The summed E-state index contributed by atoms with van der Waals surface area (Å²) in [4.78, 5) is 14.2. The Balaban J connectivity index is 1.61. The van der Waals surface area contributed by atoms with Crippen LogP contribution in [-0.2, 0) is 14.8 Å². The molecule has 1 amide bonds. The normalized spacial score (nSPS) is 16.5. The molecule has 0 bridgehead atoms. The lowest BCUT2D eigenvalue weighted by Crippen LogP contribution is -2.53. The van der Waals surface area contributed by atoms with Crippen molar-refractivity contribution in [1.29, 1.82) is 0 Å². The van der Waals surface area contributed by atoms with Crippen LogP contribution in [0.2, 0.25) is 0 Å². The van der Waals surface area contributed by atoms with Gasteiger partial charge in [0.25, 0.3) is 5.91 Å². The maximum Gasteiger partial charge on any atom is 0.263 e. The number of nitrogens with zero attached hydrogens (tertiary/aromatic N) is 2.